The maximum Gasteiger partial charge on any atom is 0.298 e. The molecule has 0 aliphatic rings. The van der Waals surface area contributed by atoms with Crippen LogP contribution in [0, 0.1) is 6.92 Å². The van der Waals surface area contributed by atoms with Crippen LogP contribution in [0.3, 0.4) is 0 Å². The number of amides is 1. The van der Waals surface area contributed by atoms with E-state index in [0.29, 0.717) is 16.6 Å². The highest BCUT2D eigenvalue weighted by Gasteiger charge is 2.20. The van der Waals surface area contributed by atoms with Gasteiger partial charge in [-0.25, -0.2) is 0 Å². The number of nitrogens with one attached hydrogen (secondary N) is 1. The minimum Gasteiger partial charge on any atom is -0.506 e. The van der Waals surface area contributed by atoms with Gasteiger partial charge in [-0.1, -0.05) is 18.2 Å². The number of phenolic OH excluding ortho intramolecular Hbond substituents is 1. The zero-order valence-corrected chi connectivity index (χ0v) is 14.5. The quantitative estimate of drug-likeness (QED) is 0.413. The summed E-state index contributed by atoms with van der Waals surface area (Å²) in [6.07, 6.45) is 0. The number of hydrogen-bond acceptors (Lipinski definition) is 5. The molecule has 8 heteroatoms. The Morgan fingerprint density at radius 3 is 2.50 bits per heavy atom. The highest BCUT2D eigenvalue weighted by atomic mass is 32.2. The zero-order valence-electron chi connectivity index (χ0n) is 13.7. The monoisotopic (exact) mass is 372 g/mol. The molecule has 3 rings (SSSR count). The second kappa shape index (κ2) is 6.32. The van der Waals surface area contributed by atoms with E-state index in [-0.39, 0.29) is 11.1 Å². The fourth-order valence-corrected chi connectivity index (χ4v) is 3.25. The van der Waals surface area contributed by atoms with Crippen molar-refractivity contribution in [1.82, 2.24) is 0 Å². The molecule has 3 aromatic rings. The van der Waals surface area contributed by atoms with Crippen LogP contribution in [0.2, 0.25) is 0 Å². The molecule has 1 amide bonds. The van der Waals surface area contributed by atoms with E-state index in [0.717, 1.165) is 11.6 Å². The summed E-state index contributed by atoms with van der Waals surface area (Å²) in [7, 11) is -4.61. The number of anilines is 2. The maximum atomic E-state index is 12.5. The van der Waals surface area contributed by atoms with Crippen molar-refractivity contribution in [2.75, 3.05) is 11.1 Å². The largest absolute Gasteiger partial charge is 0.506 e. The first-order valence-corrected chi connectivity index (χ1v) is 9.02. The number of phenols is 1. The Morgan fingerprint density at radius 2 is 1.85 bits per heavy atom. The van der Waals surface area contributed by atoms with Crippen molar-refractivity contribution in [1.29, 1.82) is 0 Å². The van der Waals surface area contributed by atoms with Crippen molar-refractivity contribution in [3.63, 3.8) is 0 Å². The summed E-state index contributed by atoms with van der Waals surface area (Å²) in [4.78, 5) is 11.9. The molecule has 5 N–H and O–H groups in total. The lowest BCUT2D eigenvalue weighted by Gasteiger charge is -2.12. The van der Waals surface area contributed by atoms with Gasteiger partial charge in [-0.3, -0.25) is 9.35 Å². The highest BCUT2D eigenvalue weighted by Crippen LogP contribution is 2.36. The van der Waals surface area contributed by atoms with Gasteiger partial charge in [-0.2, -0.15) is 8.42 Å². The summed E-state index contributed by atoms with van der Waals surface area (Å²) >= 11 is 0. The average Bonchev–Trinajstić information content (AvgIpc) is 2.56. The van der Waals surface area contributed by atoms with Gasteiger partial charge in [0.05, 0.1) is 5.69 Å². The van der Waals surface area contributed by atoms with Crippen LogP contribution in [0.25, 0.3) is 10.8 Å². The molecule has 26 heavy (non-hydrogen) atoms. The van der Waals surface area contributed by atoms with E-state index < -0.39 is 26.7 Å². The van der Waals surface area contributed by atoms with Crippen LogP contribution in [0.15, 0.2) is 53.4 Å². The molecular formula is C18H16N2O5S. The van der Waals surface area contributed by atoms with Gasteiger partial charge < -0.3 is 16.2 Å². The van der Waals surface area contributed by atoms with Gasteiger partial charge in [0, 0.05) is 16.6 Å². The number of hydrogen-bond donors (Lipinski definition) is 4. The molecule has 0 heterocycles. The lowest BCUT2D eigenvalue weighted by atomic mass is 10.1. The molecule has 0 aliphatic carbocycles. The topological polar surface area (TPSA) is 130 Å². The van der Waals surface area contributed by atoms with Gasteiger partial charge in [0.25, 0.3) is 16.0 Å². The molecule has 0 fully saturated rings. The minimum atomic E-state index is -4.61. The number of carbonyl (C=O) groups is 1. The lowest BCUT2D eigenvalue weighted by molar-refractivity contribution is 0.102. The Balaban J connectivity index is 2.10. The third kappa shape index (κ3) is 3.19. The Hall–Kier alpha value is -3.10. The first-order chi connectivity index (χ1) is 12.2. The second-order valence-electron chi connectivity index (χ2n) is 5.82. The minimum absolute atomic E-state index is 0.114. The number of rotatable bonds is 3. The Bertz CT molecular complexity index is 1140. The van der Waals surface area contributed by atoms with Crippen molar-refractivity contribution in [3.8, 4) is 5.75 Å². The van der Waals surface area contributed by atoms with Gasteiger partial charge in [-0.05, 0) is 48.2 Å². The first kappa shape index (κ1) is 17.7. The third-order valence-corrected chi connectivity index (χ3v) is 4.92. The molecule has 7 nitrogen and oxygen atoms in total. The maximum absolute atomic E-state index is 12.5. The van der Waals surface area contributed by atoms with Crippen molar-refractivity contribution in [3.05, 3.63) is 59.7 Å². The Kier molecular flexibility index (Phi) is 4.31. The van der Waals surface area contributed by atoms with Crippen LogP contribution in [0.1, 0.15) is 15.9 Å². The fourth-order valence-electron chi connectivity index (χ4n) is 2.66. The number of carbonyl (C=O) groups excluding carboxylic acids is 1. The zero-order chi connectivity index (χ0) is 19.1. The first-order valence-electron chi connectivity index (χ1n) is 7.58. The van der Waals surface area contributed by atoms with Gasteiger partial charge in [0.1, 0.15) is 10.6 Å². The van der Waals surface area contributed by atoms with Crippen LogP contribution in [-0.4, -0.2) is 24.0 Å². The van der Waals surface area contributed by atoms with Crippen LogP contribution >= 0.6 is 0 Å². The van der Waals surface area contributed by atoms with Crippen molar-refractivity contribution in [2.45, 2.75) is 11.8 Å². The molecule has 0 aromatic heterocycles. The summed E-state index contributed by atoms with van der Waals surface area (Å²) in [5.74, 6) is -1.08. The molecular weight excluding hydrogens is 356 g/mol. The number of nitrogen functional groups attached to an aromatic ring is 1. The van der Waals surface area contributed by atoms with Crippen molar-refractivity contribution >= 4 is 38.2 Å². The SMILES string of the molecule is Cc1cc(C(=O)Nc2cccc3ccc(S(=O)(=O)O)c(O)c23)ccc1N. The van der Waals surface area contributed by atoms with Crippen molar-refractivity contribution in [2.24, 2.45) is 0 Å². The van der Waals surface area contributed by atoms with E-state index in [1.54, 1.807) is 37.3 Å². The molecule has 0 spiro atoms. The van der Waals surface area contributed by atoms with Crippen LogP contribution in [-0.2, 0) is 10.1 Å². The number of aromatic hydroxyl groups is 1. The molecule has 0 saturated carbocycles. The Morgan fingerprint density at radius 1 is 1.12 bits per heavy atom. The lowest BCUT2D eigenvalue weighted by Crippen LogP contribution is -2.13. The normalized spacial score (nSPS) is 11.5. The average molecular weight is 372 g/mol. The number of nitrogens with two attached hydrogens (primary N) is 1. The fraction of sp³-hybridized carbons (Fsp3) is 0.0556. The van der Waals surface area contributed by atoms with Gasteiger partial charge in [-0.15, -0.1) is 0 Å². The van der Waals surface area contributed by atoms with Crippen molar-refractivity contribution < 1.29 is 22.9 Å². The van der Waals surface area contributed by atoms with Gasteiger partial charge in [0.2, 0.25) is 0 Å². The molecule has 0 aliphatic heterocycles. The number of aryl methyl sites for hydroxylation is 1. The Labute approximate surface area is 149 Å². The summed E-state index contributed by atoms with van der Waals surface area (Å²) in [5, 5.41) is 13.6. The van der Waals surface area contributed by atoms with E-state index in [1.807, 2.05) is 0 Å². The molecule has 134 valence electrons. The van der Waals surface area contributed by atoms with Crippen LogP contribution in [0.5, 0.6) is 5.75 Å². The summed E-state index contributed by atoms with van der Waals surface area (Å²) in [5.41, 5.74) is 7.62. The van der Waals surface area contributed by atoms with E-state index >= 15 is 0 Å². The summed E-state index contributed by atoms with van der Waals surface area (Å²) in [6, 6.07) is 12.2. The summed E-state index contributed by atoms with van der Waals surface area (Å²) < 4.78 is 32.1. The smallest absolute Gasteiger partial charge is 0.298 e. The predicted octanol–water partition coefficient (Wildman–Crippen LogP) is 2.94. The van der Waals surface area contributed by atoms with E-state index in [9.17, 15) is 22.9 Å². The molecule has 0 bridgehead atoms. The standard InChI is InChI=1S/C18H16N2O5S/c1-10-9-12(5-7-13(10)19)18(22)20-14-4-2-3-11-6-8-15(26(23,24)25)17(21)16(11)14/h2-9,21H,19H2,1H3,(H,20,22)(H,23,24,25). The molecule has 0 saturated heterocycles. The number of benzene rings is 3. The van der Waals surface area contributed by atoms with Crippen LogP contribution in [0.4, 0.5) is 11.4 Å². The van der Waals surface area contributed by atoms with Gasteiger partial charge in [0.15, 0.2) is 0 Å². The number of fused-ring (bicyclic) bond motifs is 1. The summed E-state index contributed by atoms with van der Waals surface area (Å²) in [6.45, 7) is 1.77. The van der Waals surface area contributed by atoms with E-state index in [4.69, 9.17) is 5.73 Å². The molecule has 0 unspecified atom stereocenters. The third-order valence-electron chi connectivity index (χ3n) is 4.04. The van der Waals surface area contributed by atoms with Gasteiger partial charge >= 0.3 is 0 Å². The van der Waals surface area contributed by atoms with Crippen LogP contribution < -0.4 is 11.1 Å². The predicted molar refractivity (Wildman–Crippen MR) is 99.0 cm³/mol. The van der Waals surface area contributed by atoms with E-state index in [2.05, 4.69) is 5.32 Å². The molecule has 0 atom stereocenters. The molecule has 3 aromatic carbocycles. The highest BCUT2D eigenvalue weighted by molar-refractivity contribution is 7.86. The van der Waals surface area contributed by atoms with E-state index in [1.165, 1.54) is 12.1 Å². The molecule has 0 radical (unpaired) electrons. The second-order valence-corrected chi connectivity index (χ2v) is 7.21.